The van der Waals surface area contributed by atoms with Gasteiger partial charge in [-0.1, -0.05) is 20.3 Å². The number of nitrogens with one attached hydrogen (secondary N) is 2. The zero-order chi connectivity index (χ0) is 16.4. The van der Waals surface area contributed by atoms with Gasteiger partial charge in [-0.15, -0.1) is 24.0 Å². The number of hydrogen-bond donors (Lipinski definition) is 2. The third kappa shape index (κ3) is 9.10. The van der Waals surface area contributed by atoms with E-state index in [4.69, 9.17) is 4.74 Å². The standard InChI is InChI=1S/C17H36N4O.HI/c1-6-8-10-22-11-9-19-17(18-7-2)20-16-13-21(14(3)4)12-15(16)5;/h14-16H,6-13H2,1-5H3,(H2,18,19,20);1H. The molecule has 0 saturated carbocycles. The van der Waals surface area contributed by atoms with Gasteiger partial charge in [0, 0.05) is 38.3 Å². The van der Waals surface area contributed by atoms with E-state index in [1.807, 2.05) is 0 Å². The molecular formula is C17H37IN4O. The van der Waals surface area contributed by atoms with Crippen LogP contribution in [0.4, 0.5) is 0 Å². The van der Waals surface area contributed by atoms with E-state index in [-0.39, 0.29) is 24.0 Å². The van der Waals surface area contributed by atoms with Gasteiger partial charge in [0.2, 0.25) is 0 Å². The highest BCUT2D eigenvalue weighted by Gasteiger charge is 2.31. The molecule has 2 unspecified atom stereocenters. The summed E-state index contributed by atoms with van der Waals surface area (Å²) in [7, 11) is 0. The molecule has 0 aromatic carbocycles. The van der Waals surface area contributed by atoms with E-state index in [9.17, 15) is 0 Å². The van der Waals surface area contributed by atoms with Crippen LogP contribution in [0.5, 0.6) is 0 Å². The summed E-state index contributed by atoms with van der Waals surface area (Å²) in [6.45, 7) is 16.5. The van der Waals surface area contributed by atoms with E-state index in [0.29, 0.717) is 31.2 Å². The van der Waals surface area contributed by atoms with Crippen molar-refractivity contribution in [3.05, 3.63) is 0 Å². The number of unbranched alkanes of at least 4 members (excludes halogenated alkanes) is 1. The Bertz CT molecular complexity index is 326. The fourth-order valence-electron chi connectivity index (χ4n) is 2.68. The highest BCUT2D eigenvalue weighted by molar-refractivity contribution is 14.0. The molecule has 0 bridgehead atoms. The minimum Gasteiger partial charge on any atom is -0.380 e. The van der Waals surface area contributed by atoms with Crippen LogP contribution in [0.15, 0.2) is 4.99 Å². The summed E-state index contributed by atoms with van der Waals surface area (Å²) in [5.41, 5.74) is 0. The summed E-state index contributed by atoms with van der Waals surface area (Å²) in [6, 6.07) is 1.09. The molecule has 0 spiro atoms. The Balaban J connectivity index is 0.00000484. The van der Waals surface area contributed by atoms with E-state index >= 15 is 0 Å². The van der Waals surface area contributed by atoms with Crippen molar-refractivity contribution in [3.8, 4) is 0 Å². The van der Waals surface area contributed by atoms with Crippen LogP contribution in [-0.2, 0) is 4.74 Å². The molecule has 0 aliphatic carbocycles. The zero-order valence-corrected chi connectivity index (χ0v) is 17.9. The molecule has 6 heteroatoms. The van der Waals surface area contributed by atoms with Gasteiger partial charge < -0.3 is 15.4 Å². The van der Waals surface area contributed by atoms with E-state index in [0.717, 1.165) is 38.6 Å². The zero-order valence-electron chi connectivity index (χ0n) is 15.6. The second-order valence-electron chi connectivity index (χ2n) is 6.50. The molecule has 1 aliphatic heterocycles. The van der Waals surface area contributed by atoms with E-state index in [1.54, 1.807) is 0 Å². The monoisotopic (exact) mass is 440 g/mol. The molecule has 1 saturated heterocycles. The van der Waals surface area contributed by atoms with Crippen molar-refractivity contribution in [2.75, 3.05) is 39.4 Å². The van der Waals surface area contributed by atoms with E-state index < -0.39 is 0 Å². The molecule has 138 valence electrons. The molecule has 1 rings (SSSR count). The van der Waals surface area contributed by atoms with Gasteiger partial charge in [0.1, 0.15) is 0 Å². The molecule has 2 atom stereocenters. The largest absolute Gasteiger partial charge is 0.380 e. The van der Waals surface area contributed by atoms with Gasteiger partial charge in [0.25, 0.3) is 0 Å². The van der Waals surface area contributed by atoms with Gasteiger partial charge in [-0.2, -0.15) is 0 Å². The number of nitrogens with zero attached hydrogens (tertiary/aromatic N) is 2. The lowest BCUT2D eigenvalue weighted by molar-refractivity contribution is 0.138. The summed E-state index contributed by atoms with van der Waals surface area (Å²) in [5, 5.41) is 6.94. The normalized spacial score (nSPS) is 22.3. The molecular weight excluding hydrogens is 403 g/mol. The molecule has 1 aliphatic rings. The number of likely N-dealkylation sites (tertiary alicyclic amines) is 1. The number of aliphatic imine (C=N–C) groups is 1. The lowest BCUT2D eigenvalue weighted by Gasteiger charge is -2.21. The first-order chi connectivity index (χ1) is 10.6. The minimum atomic E-state index is 0. The summed E-state index contributed by atoms with van der Waals surface area (Å²) in [5.74, 6) is 1.57. The lowest BCUT2D eigenvalue weighted by atomic mass is 10.1. The van der Waals surface area contributed by atoms with Crippen LogP contribution in [0.25, 0.3) is 0 Å². The van der Waals surface area contributed by atoms with Crippen LogP contribution >= 0.6 is 24.0 Å². The van der Waals surface area contributed by atoms with E-state index in [1.165, 1.54) is 6.42 Å². The fourth-order valence-corrected chi connectivity index (χ4v) is 2.68. The molecule has 1 fully saturated rings. The number of guanidine groups is 1. The van der Waals surface area contributed by atoms with Crippen molar-refractivity contribution in [2.45, 2.75) is 59.5 Å². The number of rotatable bonds is 9. The van der Waals surface area contributed by atoms with Gasteiger partial charge in [0.15, 0.2) is 5.96 Å². The average molecular weight is 440 g/mol. The Morgan fingerprint density at radius 1 is 1.26 bits per heavy atom. The molecule has 0 aromatic heterocycles. The van der Waals surface area contributed by atoms with Crippen LogP contribution < -0.4 is 10.6 Å². The molecule has 2 N–H and O–H groups in total. The predicted octanol–water partition coefficient (Wildman–Crippen LogP) is 2.70. The molecule has 1 heterocycles. The smallest absolute Gasteiger partial charge is 0.191 e. The summed E-state index contributed by atoms with van der Waals surface area (Å²) < 4.78 is 5.57. The van der Waals surface area contributed by atoms with Crippen LogP contribution in [0, 0.1) is 5.92 Å². The average Bonchev–Trinajstić information content (AvgIpc) is 2.84. The summed E-state index contributed by atoms with van der Waals surface area (Å²) in [4.78, 5) is 7.16. The Kier molecular flexibility index (Phi) is 13.2. The predicted molar refractivity (Wildman–Crippen MR) is 110 cm³/mol. The van der Waals surface area contributed by atoms with Crippen molar-refractivity contribution in [1.29, 1.82) is 0 Å². The van der Waals surface area contributed by atoms with E-state index in [2.05, 4.69) is 55.1 Å². The molecule has 5 nitrogen and oxygen atoms in total. The Morgan fingerprint density at radius 2 is 2.00 bits per heavy atom. The van der Waals surface area contributed by atoms with Crippen LogP contribution in [-0.4, -0.2) is 62.3 Å². The second kappa shape index (κ2) is 13.2. The summed E-state index contributed by atoms with van der Waals surface area (Å²) >= 11 is 0. The van der Waals surface area contributed by atoms with Gasteiger partial charge in [-0.05, 0) is 33.1 Å². The first-order valence-electron chi connectivity index (χ1n) is 8.95. The fraction of sp³-hybridized carbons (Fsp3) is 0.941. The summed E-state index contributed by atoms with van der Waals surface area (Å²) in [6.07, 6.45) is 2.31. The Hall–Kier alpha value is -0.0800. The third-order valence-corrected chi connectivity index (χ3v) is 4.18. The quantitative estimate of drug-likeness (QED) is 0.251. The maximum absolute atomic E-state index is 5.57. The van der Waals surface area contributed by atoms with Crippen molar-refractivity contribution >= 4 is 29.9 Å². The molecule has 23 heavy (non-hydrogen) atoms. The first-order valence-corrected chi connectivity index (χ1v) is 8.95. The van der Waals surface area contributed by atoms with Crippen molar-refractivity contribution in [2.24, 2.45) is 10.9 Å². The van der Waals surface area contributed by atoms with Crippen LogP contribution in [0.3, 0.4) is 0 Å². The molecule has 0 aromatic rings. The van der Waals surface area contributed by atoms with Crippen LogP contribution in [0.2, 0.25) is 0 Å². The van der Waals surface area contributed by atoms with Crippen LogP contribution in [0.1, 0.15) is 47.5 Å². The maximum Gasteiger partial charge on any atom is 0.191 e. The molecule has 0 radical (unpaired) electrons. The van der Waals surface area contributed by atoms with Gasteiger partial charge >= 0.3 is 0 Å². The van der Waals surface area contributed by atoms with Gasteiger partial charge in [-0.25, -0.2) is 0 Å². The minimum absolute atomic E-state index is 0. The number of ether oxygens (including phenoxy) is 1. The van der Waals surface area contributed by atoms with Crippen molar-refractivity contribution in [3.63, 3.8) is 0 Å². The van der Waals surface area contributed by atoms with Gasteiger partial charge in [0.05, 0.1) is 13.2 Å². The van der Waals surface area contributed by atoms with Crippen molar-refractivity contribution in [1.82, 2.24) is 15.5 Å². The van der Waals surface area contributed by atoms with Gasteiger partial charge in [-0.3, -0.25) is 9.89 Å². The second-order valence-corrected chi connectivity index (χ2v) is 6.50. The highest BCUT2D eigenvalue weighted by atomic mass is 127. The number of hydrogen-bond acceptors (Lipinski definition) is 3. The SMILES string of the molecule is CCCCOCCN=C(NCC)NC1CN(C(C)C)CC1C.I. The Labute approximate surface area is 160 Å². The topological polar surface area (TPSA) is 48.9 Å². The maximum atomic E-state index is 5.57. The molecule has 0 amide bonds. The third-order valence-electron chi connectivity index (χ3n) is 4.18. The highest BCUT2D eigenvalue weighted by Crippen LogP contribution is 2.18. The number of halogens is 1. The Morgan fingerprint density at radius 3 is 2.57 bits per heavy atom. The lowest BCUT2D eigenvalue weighted by Crippen LogP contribution is -2.47. The van der Waals surface area contributed by atoms with Crippen molar-refractivity contribution < 1.29 is 4.74 Å². The first kappa shape index (κ1) is 22.9.